The van der Waals surface area contributed by atoms with E-state index in [1.807, 2.05) is 6.20 Å². The number of benzene rings is 2. The Morgan fingerprint density at radius 2 is 1.78 bits per heavy atom. The number of aliphatic imine (C=N–C) groups is 1. The first-order valence-corrected chi connectivity index (χ1v) is 13.7. The van der Waals surface area contributed by atoms with Crippen molar-refractivity contribution in [1.82, 2.24) is 9.97 Å². The van der Waals surface area contributed by atoms with Crippen LogP contribution in [0.5, 0.6) is 0 Å². The number of thiophene rings is 1. The Kier molecular flexibility index (Phi) is 6.28. The second-order valence-corrected chi connectivity index (χ2v) is 10.8. The number of aromatic nitrogens is 2. The Bertz CT molecular complexity index is 1440. The molecule has 0 atom stereocenters. The van der Waals surface area contributed by atoms with Gasteiger partial charge in [-0.15, -0.1) is 0 Å². The van der Waals surface area contributed by atoms with Gasteiger partial charge in [0.25, 0.3) is 0 Å². The quantitative estimate of drug-likeness (QED) is 0.288. The summed E-state index contributed by atoms with van der Waals surface area (Å²) in [5.74, 6) is 1.11. The molecule has 0 unspecified atom stereocenters. The van der Waals surface area contributed by atoms with Crippen molar-refractivity contribution in [3.05, 3.63) is 82.4 Å². The number of hydrogen-bond donors (Lipinski definition) is 2. The lowest BCUT2D eigenvalue weighted by molar-refractivity contribution is -0.138. The van der Waals surface area contributed by atoms with Crippen molar-refractivity contribution in [1.29, 1.82) is 0 Å². The molecule has 2 aliphatic rings. The molecule has 6 heteroatoms. The van der Waals surface area contributed by atoms with E-state index >= 15 is 0 Å². The fraction of sp³-hybridized carbons (Fsp3) is 0.300. The number of carboxylic acids is 1. The zero-order chi connectivity index (χ0) is 24.5. The largest absolute Gasteiger partial charge is 0.481 e. The summed E-state index contributed by atoms with van der Waals surface area (Å²) >= 11 is 1.71. The molecule has 5 nitrogen and oxygen atoms in total. The number of hydrogen-bond acceptors (Lipinski definition) is 4. The summed E-state index contributed by atoms with van der Waals surface area (Å²) < 4.78 is 0. The molecule has 6 rings (SSSR count). The Morgan fingerprint density at radius 1 is 0.972 bits per heavy atom. The lowest BCUT2D eigenvalue weighted by Gasteiger charge is -2.28. The van der Waals surface area contributed by atoms with Crippen LogP contribution in [-0.2, 0) is 4.79 Å². The smallest absolute Gasteiger partial charge is 0.303 e. The lowest BCUT2D eigenvalue weighted by atomic mass is 9.77. The fourth-order valence-electron chi connectivity index (χ4n) is 5.60. The highest BCUT2D eigenvalue weighted by molar-refractivity contribution is 7.08. The Morgan fingerprint density at radius 3 is 2.47 bits per heavy atom. The van der Waals surface area contributed by atoms with E-state index in [-0.39, 0.29) is 0 Å². The van der Waals surface area contributed by atoms with Gasteiger partial charge in [0.1, 0.15) is 5.82 Å². The number of aliphatic carboxylic acids is 1. The third-order valence-corrected chi connectivity index (χ3v) is 8.36. The molecule has 2 aromatic heterocycles. The van der Waals surface area contributed by atoms with Crippen LogP contribution < -0.4 is 0 Å². The van der Waals surface area contributed by atoms with Gasteiger partial charge < -0.3 is 10.1 Å². The molecule has 3 heterocycles. The predicted octanol–water partition coefficient (Wildman–Crippen LogP) is 7.66. The van der Waals surface area contributed by atoms with Gasteiger partial charge in [-0.25, -0.2) is 4.98 Å². The molecular formula is C30H29N3O2S. The monoisotopic (exact) mass is 495 g/mol. The summed E-state index contributed by atoms with van der Waals surface area (Å²) in [6.07, 6.45) is 8.26. The molecule has 1 fully saturated rings. The topological polar surface area (TPSA) is 78.3 Å². The SMILES string of the molecule is O=C(O)CC1CCC(c2ccc(C3=NC=C(c4nc5ccc(-c6ccsc6)cc5[nH]4)CC3)cc2)CC1. The maximum absolute atomic E-state index is 11.0. The molecule has 0 radical (unpaired) electrons. The van der Waals surface area contributed by atoms with Crippen LogP contribution in [-0.4, -0.2) is 26.8 Å². The lowest BCUT2D eigenvalue weighted by Crippen LogP contribution is -2.16. The Hall–Kier alpha value is -3.51. The highest BCUT2D eigenvalue weighted by atomic mass is 32.1. The summed E-state index contributed by atoms with van der Waals surface area (Å²) in [7, 11) is 0. The van der Waals surface area contributed by atoms with Crippen molar-refractivity contribution in [2.75, 3.05) is 0 Å². The first-order chi connectivity index (χ1) is 17.6. The summed E-state index contributed by atoms with van der Waals surface area (Å²) in [4.78, 5) is 24.1. The third kappa shape index (κ3) is 4.78. The van der Waals surface area contributed by atoms with Crippen molar-refractivity contribution in [3.63, 3.8) is 0 Å². The minimum absolute atomic E-state index is 0.311. The van der Waals surface area contributed by atoms with Crippen molar-refractivity contribution in [2.24, 2.45) is 10.9 Å². The van der Waals surface area contributed by atoms with E-state index in [4.69, 9.17) is 15.1 Å². The molecule has 4 aromatic rings. The Balaban J connectivity index is 1.14. The van der Waals surface area contributed by atoms with Gasteiger partial charge in [0.05, 0.1) is 11.0 Å². The van der Waals surface area contributed by atoms with E-state index in [1.54, 1.807) is 11.3 Å². The van der Waals surface area contributed by atoms with E-state index in [0.717, 1.165) is 66.7 Å². The average Bonchev–Trinajstić information content (AvgIpc) is 3.59. The van der Waals surface area contributed by atoms with E-state index in [0.29, 0.717) is 18.3 Å². The van der Waals surface area contributed by atoms with Crippen LogP contribution in [0, 0.1) is 5.92 Å². The molecule has 0 bridgehead atoms. The van der Waals surface area contributed by atoms with Gasteiger partial charge in [-0.2, -0.15) is 11.3 Å². The minimum atomic E-state index is -0.670. The first-order valence-electron chi connectivity index (χ1n) is 12.7. The Labute approximate surface area is 214 Å². The molecule has 2 aromatic carbocycles. The van der Waals surface area contributed by atoms with E-state index in [2.05, 4.69) is 64.3 Å². The third-order valence-electron chi connectivity index (χ3n) is 7.67. The van der Waals surface area contributed by atoms with Crippen LogP contribution in [0.4, 0.5) is 0 Å². The average molecular weight is 496 g/mol. The van der Waals surface area contributed by atoms with Crippen molar-refractivity contribution in [2.45, 2.75) is 50.9 Å². The number of imidazole rings is 1. The van der Waals surface area contributed by atoms with Gasteiger partial charge in [0, 0.05) is 23.9 Å². The van der Waals surface area contributed by atoms with Crippen molar-refractivity contribution >= 4 is 39.6 Å². The van der Waals surface area contributed by atoms with Crippen LogP contribution in [0.3, 0.4) is 0 Å². The second-order valence-electron chi connectivity index (χ2n) is 10.00. The summed E-state index contributed by atoms with van der Waals surface area (Å²) in [6.45, 7) is 0. The molecule has 1 aliphatic heterocycles. The molecule has 1 aliphatic carbocycles. The zero-order valence-electron chi connectivity index (χ0n) is 20.1. The van der Waals surface area contributed by atoms with Crippen molar-refractivity contribution in [3.8, 4) is 11.1 Å². The number of H-pyrrole nitrogens is 1. The number of aromatic amines is 1. The minimum Gasteiger partial charge on any atom is -0.481 e. The predicted molar refractivity (Wildman–Crippen MR) is 147 cm³/mol. The molecule has 2 N–H and O–H groups in total. The van der Waals surface area contributed by atoms with Gasteiger partial charge >= 0.3 is 5.97 Å². The van der Waals surface area contributed by atoms with Gasteiger partial charge in [-0.3, -0.25) is 9.79 Å². The normalized spacial score (nSPS) is 20.2. The molecule has 0 saturated heterocycles. The highest BCUT2D eigenvalue weighted by Gasteiger charge is 2.24. The van der Waals surface area contributed by atoms with Gasteiger partial charge in [0.2, 0.25) is 0 Å². The number of rotatable bonds is 6. The second kappa shape index (κ2) is 9.86. The number of allylic oxidation sites excluding steroid dienone is 1. The number of nitrogens with one attached hydrogen (secondary N) is 1. The molecule has 182 valence electrons. The first kappa shape index (κ1) is 22.9. The molecule has 0 spiro atoms. The summed E-state index contributed by atoms with van der Waals surface area (Å²) in [5.41, 5.74) is 9.27. The maximum atomic E-state index is 11.0. The number of carboxylic acid groups (broad SMARTS) is 1. The molecular weight excluding hydrogens is 466 g/mol. The number of carbonyl (C=O) groups is 1. The molecule has 36 heavy (non-hydrogen) atoms. The van der Waals surface area contributed by atoms with E-state index in [1.165, 1.54) is 22.3 Å². The van der Waals surface area contributed by atoms with Gasteiger partial charge in [-0.1, -0.05) is 30.3 Å². The van der Waals surface area contributed by atoms with E-state index < -0.39 is 5.97 Å². The number of fused-ring (bicyclic) bond motifs is 1. The highest BCUT2D eigenvalue weighted by Crippen LogP contribution is 2.37. The fourth-order valence-corrected chi connectivity index (χ4v) is 6.27. The standard InChI is InChI=1S/C30H29N3O2S/c34-29(35)15-19-1-3-20(4-2-19)21-5-7-22(8-6-21)26-11-10-24(17-31-26)30-32-27-12-9-23(16-28(27)33-30)25-13-14-36-18-25/h5-9,12-14,16-20H,1-4,10-11,15H2,(H,32,33)(H,34,35). The summed E-state index contributed by atoms with van der Waals surface area (Å²) in [6, 6.07) is 17.4. The van der Waals surface area contributed by atoms with Crippen LogP contribution >= 0.6 is 11.3 Å². The zero-order valence-corrected chi connectivity index (χ0v) is 20.9. The van der Waals surface area contributed by atoms with Gasteiger partial charge in [-0.05, 0) is 102 Å². The van der Waals surface area contributed by atoms with Crippen LogP contribution in [0.2, 0.25) is 0 Å². The van der Waals surface area contributed by atoms with E-state index in [9.17, 15) is 4.79 Å². The van der Waals surface area contributed by atoms with Crippen LogP contribution in [0.25, 0.3) is 27.7 Å². The van der Waals surface area contributed by atoms with Crippen LogP contribution in [0.15, 0.2) is 70.5 Å². The summed E-state index contributed by atoms with van der Waals surface area (Å²) in [5, 5.41) is 13.3. The van der Waals surface area contributed by atoms with Gasteiger partial charge in [0.15, 0.2) is 0 Å². The number of nitrogens with zero attached hydrogens (tertiary/aromatic N) is 2. The molecule has 0 amide bonds. The molecule has 1 saturated carbocycles. The maximum Gasteiger partial charge on any atom is 0.303 e. The van der Waals surface area contributed by atoms with Crippen LogP contribution in [0.1, 0.15) is 67.8 Å². The van der Waals surface area contributed by atoms with Crippen molar-refractivity contribution < 1.29 is 9.90 Å².